The van der Waals surface area contributed by atoms with Gasteiger partial charge < -0.3 is 9.30 Å². The van der Waals surface area contributed by atoms with Crippen LogP contribution in [0.4, 0.5) is 0 Å². The molecule has 2 aromatic carbocycles. The number of hydrogen-bond acceptors (Lipinski definition) is 7. The van der Waals surface area contributed by atoms with Crippen LogP contribution in [0.1, 0.15) is 17.8 Å². The highest BCUT2D eigenvalue weighted by atomic mass is 32.2. The van der Waals surface area contributed by atoms with E-state index >= 15 is 0 Å². The van der Waals surface area contributed by atoms with E-state index in [0.29, 0.717) is 38.4 Å². The van der Waals surface area contributed by atoms with Crippen molar-refractivity contribution in [3.63, 3.8) is 0 Å². The lowest BCUT2D eigenvalue weighted by Gasteiger charge is -2.26. The van der Waals surface area contributed by atoms with E-state index < -0.39 is 10.0 Å². The summed E-state index contributed by atoms with van der Waals surface area (Å²) in [7, 11) is -1.50. The van der Waals surface area contributed by atoms with Crippen molar-refractivity contribution in [3.05, 3.63) is 53.3 Å². The molecule has 1 aliphatic heterocycles. The molecule has 0 atom stereocenters. The van der Waals surface area contributed by atoms with Crippen molar-refractivity contribution in [3.8, 4) is 0 Å². The van der Waals surface area contributed by atoms with Gasteiger partial charge in [-0.25, -0.2) is 18.4 Å². The lowest BCUT2D eigenvalue weighted by molar-refractivity contribution is 0.0730. The van der Waals surface area contributed by atoms with Crippen LogP contribution >= 0.6 is 11.3 Å². The zero-order chi connectivity index (χ0) is 23.0. The second kappa shape index (κ2) is 9.11. The van der Waals surface area contributed by atoms with Gasteiger partial charge in [0.15, 0.2) is 0 Å². The van der Waals surface area contributed by atoms with Gasteiger partial charge in [-0.15, -0.1) is 11.3 Å². The lowest BCUT2D eigenvalue weighted by atomic mass is 10.3. The summed E-state index contributed by atoms with van der Waals surface area (Å²) in [4.78, 5) is 12.0. The topological polar surface area (TPSA) is 80.6 Å². The number of nitrogens with zero attached hydrogens (tertiary/aromatic N) is 5. The fourth-order valence-corrected chi connectivity index (χ4v) is 6.72. The number of aryl methyl sites for hydroxylation is 1. The van der Waals surface area contributed by atoms with Crippen molar-refractivity contribution >= 4 is 42.6 Å². The monoisotopic (exact) mass is 485 g/mol. The van der Waals surface area contributed by atoms with Crippen molar-refractivity contribution < 1.29 is 13.2 Å². The second-order valence-electron chi connectivity index (χ2n) is 8.19. The summed E-state index contributed by atoms with van der Waals surface area (Å²) < 4.78 is 36.3. The Morgan fingerprint density at radius 3 is 2.61 bits per heavy atom. The van der Waals surface area contributed by atoms with E-state index in [2.05, 4.69) is 29.5 Å². The number of benzene rings is 2. The lowest BCUT2D eigenvalue weighted by Crippen LogP contribution is -2.40. The molecule has 0 radical (unpaired) electrons. The van der Waals surface area contributed by atoms with Crippen molar-refractivity contribution in [2.24, 2.45) is 0 Å². The molecule has 8 nitrogen and oxygen atoms in total. The summed E-state index contributed by atoms with van der Waals surface area (Å²) in [6, 6.07) is 13.4. The number of morpholine rings is 1. The van der Waals surface area contributed by atoms with Crippen LogP contribution in [0, 0.1) is 0 Å². The highest BCUT2D eigenvalue weighted by molar-refractivity contribution is 7.89. The van der Waals surface area contributed by atoms with E-state index in [-0.39, 0.29) is 4.90 Å². The largest absolute Gasteiger partial charge is 0.379 e. The van der Waals surface area contributed by atoms with Crippen LogP contribution in [0.2, 0.25) is 0 Å². The molecule has 0 bridgehead atoms. The van der Waals surface area contributed by atoms with Crippen LogP contribution in [0.5, 0.6) is 0 Å². The first-order chi connectivity index (χ1) is 16.0. The maximum Gasteiger partial charge on any atom is 0.243 e. The quantitative estimate of drug-likeness (QED) is 0.400. The average molecular weight is 486 g/mol. The van der Waals surface area contributed by atoms with Gasteiger partial charge in [0.25, 0.3) is 0 Å². The smallest absolute Gasteiger partial charge is 0.243 e. The molecular weight excluding hydrogens is 458 g/mol. The minimum absolute atomic E-state index is 0.284. The predicted octanol–water partition coefficient (Wildman–Crippen LogP) is 3.32. The van der Waals surface area contributed by atoms with Gasteiger partial charge in [0.2, 0.25) is 10.0 Å². The third-order valence-corrected chi connectivity index (χ3v) is 8.79. The van der Waals surface area contributed by atoms with Crippen LogP contribution < -0.4 is 0 Å². The van der Waals surface area contributed by atoms with E-state index in [9.17, 15) is 8.42 Å². The number of imidazole rings is 1. The molecule has 3 heterocycles. The number of thiazole rings is 1. The summed E-state index contributed by atoms with van der Waals surface area (Å²) in [5, 5.41) is 1.07. The summed E-state index contributed by atoms with van der Waals surface area (Å²) in [5.41, 5.74) is 2.68. The molecule has 33 heavy (non-hydrogen) atoms. The molecule has 0 saturated carbocycles. The molecule has 174 valence electrons. The van der Waals surface area contributed by atoms with Crippen LogP contribution in [-0.4, -0.2) is 65.5 Å². The first kappa shape index (κ1) is 22.4. The molecule has 0 unspecified atom stereocenters. The Labute approximate surface area is 197 Å². The number of fused-ring (bicyclic) bond motifs is 2. The molecule has 1 saturated heterocycles. The van der Waals surface area contributed by atoms with Gasteiger partial charge >= 0.3 is 0 Å². The number of rotatable bonds is 7. The third kappa shape index (κ3) is 4.41. The molecular formula is C23H27N5O3S2. The molecule has 5 rings (SSSR count). The number of hydrogen-bond donors (Lipinski definition) is 0. The Kier molecular flexibility index (Phi) is 6.19. The molecule has 0 spiro atoms. The SMILES string of the molecule is CCn1c(CN(C)Cc2nc3ccccc3s2)nc2cc(S(=O)(=O)N3CCOCC3)ccc21. The fourth-order valence-electron chi connectivity index (χ4n) is 4.25. The van der Waals surface area contributed by atoms with Gasteiger partial charge in [-0.3, -0.25) is 4.90 Å². The Morgan fingerprint density at radius 1 is 1.06 bits per heavy atom. The summed E-state index contributed by atoms with van der Waals surface area (Å²) in [6.07, 6.45) is 0. The number of sulfonamides is 1. The molecule has 1 aliphatic rings. The summed E-state index contributed by atoms with van der Waals surface area (Å²) in [5.74, 6) is 0.914. The minimum Gasteiger partial charge on any atom is -0.379 e. The molecule has 0 aliphatic carbocycles. The molecule has 1 fully saturated rings. The van der Waals surface area contributed by atoms with E-state index in [4.69, 9.17) is 14.7 Å². The van der Waals surface area contributed by atoms with Gasteiger partial charge in [0.1, 0.15) is 10.8 Å². The summed E-state index contributed by atoms with van der Waals surface area (Å²) in [6.45, 7) is 5.82. The fraction of sp³-hybridized carbons (Fsp3) is 0.391. The maximum absolute atomic E-state index is 13.1. The minimum atomic E-state index is -3.55. The first-order valence-electron chi connectivity index (χ1n) is 11.1. The van der Waals surface area contributed by atoms with Crippen molar-refractivity contribution in [1.29, 1.82) is 0 Å². The van der Waals surface area contributed by atoms with Crippen molar-refractivity contribution in [2.75, 3.05) is 33.4 Å². The second-order valence-corrected chi connectivity index (χ2v) is 11.2. The third-order valence-electron chi connectivity index (χ3n) is 5.88. The number of ether oxygens (including phenoxy) is 1. The van der Waals surface area contributed by atoms with E-state index in [1.807, 2.05) is 24.3 Å². The van der Waals surface area contributed by atoms with Gasteiger partial charge in [-0.1, -0.05) is 12.1 Å². The van der Waals surface area contributed by atoms with E-state index in [0.717, 1.165) is 35.0 Å². The number of aromatic nitrogens is 3. The van der Waals surface area contributed by atoms with Crippen LogP contribution in [-0.2, 0) is 34.4 Å². The van der Waals surface area contributed by atoms with Crippen molar-refractivity contribution in [1.82, 2.24) is 23.7 Å². The highest BCUT2D eigenvalue weighted by Crippen LogP contribution is 2.25. The van der Waals surface area contributed by atoms with E-state index in [1.54, 1.807) is 23.5 Å². The standard InChI is InChI=1S/C23H27N5O3S2/c1-3-28-20-9-8-17(33(29,30)27-10-12-31-13-11-27)14-19(20)24-22(28)15-26(2)16-23-25-18-6-4-5-7-21(18)32-23/h4-9,14H,3,10-13,15-16H2,1-2H3. The highest BCUT2D eigenvalue weighted by Gasteiger charge is 2.27. The molecule has 4 aromatic rings. The van der Waals surface area contributed by atoms with Crippen LogP contribution in [0.15, 0.2) is 47.4 Å². The predicted molar refractivity (Wildman–Crippen MR) is 130 cm³/mol. The molecule has 0 N–H and O–H groups in total. The maximum atomic E-state index is 13.1. The van der Waals surface area contributed by atoms with Gasteiger partial charge in [0.05, 0.1) is 52.4 Å². The van der Waals surface area contributed by atoms with Gasteiger partial charge in [-0.2, -0.15) is 4.31 Å². The van der Waals surface area contributed by atoms with Gasteiger partial charge in [-0.05, 0) is 44.3 Å². The van der Waals surface area contributed by atoms with Crippen LogP contribution in [0.3, 0.4) is 0 Å². The molecule has 2 aromatic heterocycles. The molecule has 10 heteroatoms. The Bertz CT molecular complexity index is 1360. The zero-order valence-corrected chi connectivity index (χ0v) is 20.4. The summed E-state index contributed by atoms with van der Waals surface area (Å²) >= 11 is 1.71. The Hall–Kier alpha value is -2.37. The van der Waals surface area contributed by atoms with Gasteiger partial charge in [0, 0.05) is 19.6 Å². The first-order valence-corrected chi connectivity index (χ1v) is 13.3. The molecule has 0 amide bonds. The normalized spacial score (nSPS) is 15.7. The zero-order valence-electron chi connectivity index (χ0n) is 18.8. The van der Waals surface area contributed by atoms with E-state index in [1.165, 1.54) is 9.01 Å². The Balaban J connectivity index is 1.39. The van der Waals surface area contributed by atoms with Crippen LogP contribution in [0.25, 0.3) is 21.3 Å². The van der Waals surface area contributed by atoms with Crippen molar-refractivity contribution in [2.45, 2.75) is 31.5 Å². The average Bonchev–Trinajstić information content (AvgIpc) is 3.38. The number of para-hydroxylation sites is 1. The Morgan fingerprint density at radius 2 is 1.85 bits per heavy atom.